The van der Waals surface area contributed by atoms with Gasteiger partial charge >= 0.3 is 0 Å². The van der Waals surface area contributed by atoms with Crippen molar-refractivity contribution in [1.82, 2.24) is 5.32 Å². The monoisotopic (exact) mass is 248 g/mol. The van der Waals surface area contributed by atoms with Gasteiger partial charge in [-0.3, -0.25) is 4.79 Å². The molecule has 1 N–H and O–H groups in total. The molecule has 0 radical (unpaired) electrons. The van der Waals surface area contributed by atoms with E-state index in [0.29, 0.717) is 17.7 Å². The molecule has 0 aliphatic rings. The number of thioether (sulfide) groups is 1. The van der Waals surface area contributed by atoms with E-state index in [1.54, 1.807) is 24.3 Å². The van der Waals surface area contributed by atoms with E-state index in [2.05, 4.69) is 11.6 Å². The van der Waals surface area contributed by atoms with E-state index in [0.717, 1.165) is 18.6 Å². The van der Waals surface area contributed by atoms with Crippen molar-refractivity contribution < 1.29 is 4.79 Å². The Labute approximate surface area is 106 Å². The summed E-state index contributed by atoms with van der Waals surface area (Å²) in [6.07, 6.45) is 4.20. The number of carbonyl (C=O) groups excluding carboxylic acids is 1. The fourth-order valence-corrected chi connectivity index (χ4v) is 1.86. The zero-order chi connectivity index (χ0) is 12.5. The van der Waals surface area contributed by atoms with Gasteiger partial charge in [0.2, 0.25) is 0 Å². The maximum absolute atomic E-state index is 11.7. The summed E-state index contributed by atoms with van der Waals surface area (Å²) in [4.78, 5) is 11.7. The van der Waals surface area contributed by atoms with Crippen LogP contribution in [0.4, 0.5) is 0 Å². The van der Waals surface area contributed by atoms with E-state index in [1.807, 2.05) is 17.8 Å². The number of hydrogen-bond donors (Lipinski definition) is 1. The van der Waals surface area contributed by atoms with E-state index in [4.69, 9.17) is 5.26 Å². The van der Waals surface area contributed by atoms with Crippen LogP contribution in [0.5, 0.6) is 0 Å². The number of carbonyl (C=O) groups is 1. The number of unbranched alkanes of at least 4 members (excludes halogenated alkanes) is 1. The minimum Gasteiger partial charge on any atom is -0.352 e. The highest BCUT2D eigenvalue weighted by molar-refractivity contribution is 7.98. The standard InChI is InChI=1S/C13H16N2OS/c1-17-9-3-2-8-15-13(16)12-6-4-11(10-14)5-7-12/h4-7H,2-3,8-9H2,1H3,(H,15,16). The van der Waals surface area contributed by atoms with E-state index in [1.165, 1.54) is 0 Å². The predicted octanol–water partition coefficient (Wildman–Crippen LogP) is 2.43. The van der Waals surface area contributed by atoms with Gasteiger partial charge < -0.3 is 5.32 Å². The number of amides is 1. The molecule has 90 valence electrons. The lowest BCUT2D eigenvalue weighted by Gasteiger charge is -2.04. The summed E-state index contributed by atoms with van der Waals surface area (Å²) < 4.78 is 0. The molecule has 0 fully saturated rings. The van der Waals surface area contributed by atoms with Crippen LogP contribution in [0.25, 0.3) is 0 Å². The zero-order valence-electron chi connectivity index (χ0n) is 9.90. The molecule has 1 aromatic carbocycles. The summed E-state index contributed by atoms with van der Waals surface area (Å²) in [5.41, 5.74) is 1.18. The van der Waals surface area contributed by atoms with Crippen LogP contribution in [0.15, 0.2) is 24.3 Å². The molecule has 0 aliphatic heterocycles. The molecule has 0 bridgehead atoms. The van der Waals surface area contributed by atoms with Crippen molar-refractivity contribution in [3.8, 4) is 6.07 Å². The van der Waals surface area contributed by atoms with Gasteiger partial charge in [0.1, 0.15) is 0 Å². The van der Waals surface area contributed by atoms with Crippen molar-refractivity contribution in [1.29, 1.82) is 5.26 Å². The van der Waals surface area contributed by atoms with Gasteiger partial charge in [-0.25, -0.2) is 0 Å². The molecule has 17 heavy (non-hydrogen) atoms. The van der Waals surface area contributed by atoms with Crippen molar-refractivity contribution in [2.24, 2.45) is 0 Å². The van der Waals surface area contributed by atoms with Crippen molar-refractivity contribution in [2.45, 2.75) is 12.8 Å². The third-order valence-corrected chi connectivity index (χ3v) is 3.03. The van der Waals surface area contributed by atoms with Crippen molar-refractivity contribution in [3.05, 3.63) is 35.4 Å². The summed E-state index contributed by atoms with van der Waals surface area (Å²) in [6.45, 7) is 0.708. The fraction of sp³-hybridized carbons (Fsp3) is 0.385. The average molecular weight is 248 g/mol. The van der Waals surface area contributed by atoms with Crippen LogP contribution in [-0.2, 0) is 0 Å². The SMILES string of the molecule is CSCCCCNC(=O)c1ccc(C#N)cc1. The Hall–Kier alpha value is -1.47. The van der Waals surface area contributed by atoms with Gasteiger partial charge in [-0.15, -0.1) is 0 Å². The number of nitrogens with one attached hydrogen (secondary N) is 1. The topological polar surface area (TPSA) is 52.9 Å². The predicted molar refractivity (Wildman–Crippen MR) is 71.1 cm³/mol. The number of nitriles is 1. The van der Waals surface area contributed by atoms with Crippen LogP contribution in [-0.4, -0.2) is 24.5 Å². The summed E-state index contributed by atoms with van der Waals surface area (Å²) in [5.74, 6) is 1.06. The Morgan fingerprint density at radius 3 is 2.65 bits per heavy atom. The maximum atomic E-state index is 11.7. The van der Waals surface area contributed by atoms with Crippen LogP contribution in [0, 0.1) is 11.3 Å². The Morgan fingerprint density at radius 2 is 2.06 bits per heavy atom. The second kappa shape index (κ2) is 7.75. The first-order valence-electron chi connectivity index (χ1n) is 5.55. The summed E-state index contributed by atoms with van der Waals surface area (Å²) in [7, 11) is 0. The first-order chi connectivity index (χ1) is 8.27. The van der Waals surface area contributed by atoms with Gasteiger partial charge in [-0.2, -0.15) is 17.0 Å². The molecule has 4 heteroatoms. The third-order valence-electron chi connectivity index (χ3n) is 2.34. The van der Waals surface area contributed by atoms with Gasteiger partial charge in [0, 0.05) is 12.1 Å². The molecule has 3 nitrogen and oxygen atoms in total. The first-order valence-corrected chi connectivity index (χ1v) is 6.94. The second-order valence-corrected chi connectivity index (χ2v) is 4.63. The Balaban J connectivity index is 2.34. The number of benzene rings is 1. The first kappa shape index (κ1) is 13.6. The molecule has 1 rings (SSSR count). The lowest BCUT2D eigenvalue weighted by Crippen LogP contribution is -2.24. The highest BCUT2D eigenvalue weighted by atomic mass is 32.2. The van der Waals surface area contributed by atoms with Gasteiger partial charge in [0.05, 0.1) is 11.6 Å². The van der Waals surface area contributed by atoms with Crippen LogP contribution >= 0.6 is 11.8 Å². The quantitative estimate of drug-likeness (QED) is 0.787. The zero-order valence-corrected chi connectivity index (χ0v) is 10.7. The van der Waals surface area contributed by atoms with Crippen LogP contribution < -0.4 is 5.32 Å². The maximum Gasteiger partial charge on any atom is 0.251 e. The van der Waals surface area contributed by atoms with Gasteiger partial charge in [0.25, 0.3) is 5.91 Å². The highest BCUT2D eigenvalue weighted by Gasteiger charge is 2.03. The number of rotatable bonds is 6. The molecule has 0 saturated heterocycles. The largest absolute Gasteiger partial charge is 0.352 e. The molecule has 0 spiro atoms. The molecule has 0 aromatic heterocycles. The molecule has 0 aliphatic carbocycles. The molecule has 1 amide bonds. The van der Waals surface area contributed by atoms with Crippen LogP contribution in [0.2, 0.25) is 0 Å². The summed E-state index contributed by atoms with van der Waals surface area (Å²) >= 11 is 1.82. The molecule has 0 atom stereocenters. The van der Waals surface area contributed by atoms with E-state index in [-0.39, 0.29) is 5.91 Å². The third kappa shape index (κ3) is 4.92. The van der Waals surface area contributed by atoms with Gasteiger partial charge in [-0.1, -0.05) is 0 Å². The van der Waals surface area contributed by atoms with Crippen molar-refractivity contribution >= 4 is 17.7 Å². The molecular weight excluding hydrogens is 232 g/mol. The highest BCUT2D eigenvalue weighted by Crippen LogP contribution is 2.03. The van der Waals surface area contributed by atoms with E-state index < -0.39 is 0 Å². The Morgan fingerprint density at radius 1 is 1.35 bits per heavy atom. The Kier molecular flexibility index (Phi) is 6.19. The number of nitrogens with zero attached hydrogens (tertiary/aromatic N) is 1. The average Bonchev–Trinajstić information content (AvgIpc) is 2.38. The fourth-order valence-electron chi connectivity index (χ4n) is 1.37. The minimum atomic E-state index is -0.0707. The molecule has 0 saturated carbocycles. The lowest BCUT2D eigenvalue weighted by molar-refractivity contribution is 0.0953. The van der Waals surface area contributed by atoms with E-state index in [9.17, 15) is 4.79 Å². The second-order valence-electron chi connectivity index (χ2n) is 3.64. The van der Waals surface area contributed by atoms with Crippen molar-refractivity contribution in [2.75, 3.05) is 18.6 Å². The minimum absolute atomic E-state index is 0.0707. The Bertz CT molecular complexity index is 395. The molecular formula is C13H16N2OS. The molecule has 0 unspecified atom stereocenters. The summed E-state index contributed by atoms with van der Waals surface area (Å²) in [5, 5.41) is 11.5. The summed E-state index contributed by atoms with van der Waals surface area (Å²) in [6, 6.07) is 8.69. The lowest BCUT2D eigenvalue weighted by atomic mass is 10.1. The van der Waals surface area contributed by atoms with Crippen LogP contribution in [0.1, 0.15) is 28.8 Å². The van der Waals surface area contributed by atoms with Gasteiger partial charge in [-0.05, 0) is 49.1 Å². The van der Waals surface area contributed by atoms with Crippen molar-refractivity contribution in [3.63, 3.8) is 0 Å². The van der Waals surface area contributed by atoms with Gasteiger partial charge in [0.15, 0.2) is 0 Å². The smallest absolute Gasteiger partial charge is 0.251 e. The number of hydrogen-bond acceptors (Lipinski definition) is 3. The normalized spacial score (nSPS) is 9.65. The van der Waals surface area contributed by atoms with E-state index >= 15 is 0 Å². The molecule has 0 heterocycles. The van der Waals surface area contributed by atoms with Crippen LogP contribution in [0.3, 0.4) is 0 Å². The molecule has 1 aromatic rings.